The zero-order valence-corrected chi connectivity index (χ0v) is 22.5. The van der Waals surface area contributed by atoms with E-state index in [4.69, 9.17) is 21.1 Å². The summed E-state index contributed by atoms with van der Waals surface area (Å²) >= 11 is 8.85. The number of hydrogen-bond acceptors (Lipinski definition) is 7. The molecular formula is C28H23ClN2O4S2. The molecule has 6 nitrogen and oxygen atoms in total. The molecule has 0 saturated carbocycles. The lowest BCUT2D eigenvalue weighted by Crippen LogP contribution is -2.39. The summed E-state index contributed by atoms with van der Waals surface area (Å²) in [4.78, 5) is 32.6. The maximum Gasteiger partial charge on any atom is 0.338 e. The summed E-state index contributed by atoms with van der Waals surface area (Å²) in [6, 6.07) is 18.3. The number of hydrogen-bond donors (Lipinski definition) is 0. The number of benzene rings is 2. The summed E-state index contributed by atoms with van der Waals surface area (Å²) in [6.07, 6.45) is 1.82. The van der Waals surface area contributed by atoms with E-state index in [1.807, 2.05) is 72.1 Å². The third kappa shape index (κ3) is 5.32. The molecule has 0 unspecified atom stereocenters. The van der Waals surface area contributed by atoms with Crippen molar-refractivity contribution in [1.29, 1.82) is 0 Å². The molecule has 0 aliphatic carbocycles. The number of allylic oxidation sites excluding steroid dienone is 1. The highest BCUT2D eigenvalue weighted by atomic mass is 35.5. The second-order valence-corrected chi connectivity index (χ2v) is 10.7. The van der Waals surface area contributed by atoms with Gasteiger partial charge >= 0.3 is 5.97 Å². The van der Waals surface area contributed by atoms with Crippen molar-refractivity contribution in [2.24, 2.45) is 4.99 Å². The number of fused-ring (bicyclic) bond motifs is 1. The Hall–Kier alpha value is -3.46. The molecule has 1 aliphatic rings. The van der Waals surface area contributed by atoms with Crippen LogP contribution in [0.4, 0.5) is 0 Å². The van der Waals surface area contributed by atoms with Crippen LogP contribution in [-0.2, 0) is 16.1 Å². The Kier molecular flexibility index (Phi) is 7.41. The molecule has 0 amide bonds. The number of ether oxygens (including phenoxy) is 2. The highest BCUT2D eigenvalue weighted by Gasteiger charge is 2.33. The first-order valence-electron chi connectivity index (χ1n) is 11.6. The van der Waals surface area contributed by atoms with Gasteiger partial charge in [-0.25, -0.2) is 9.79 Å². The molecule has 0 saturated heterocycles. The van der Waals surface area contributed by atoms with Gasteiger partial charge in [0.05, 0.1) is 22.4 Å². The van der Waals surface area contributed by atoms with Crippen LogP contribution in [0.3, 0.4) is 0 Å². The Morgan fingerprint density at radius 3 is 2.76 bits per heavy atom. The molecule has 0 fully saturated rings. The predicted octanol–water partition coefficient (Wildman–Crippen LogP) is 5.09. The Morgan fingerprint density at radius 2 is 2.00 bits per heavy atom. The van der Waals surface area contributed by atoms with Crippen LogP contribution in [0.2, 0.25) is 5.02 Å². The van der Waals surface area contributed by atoms with Gasteiger partial charge in [-0.15, -0.1) is 11.3 Å². The highest BCUT2D eigenvalue weighted by Crippen LogP contribution is 2.33. The van der Waals surface area contributed by atoms with Gasteiger partial charge in [0.15, 0.2) is 4.80 Å². The highest BCUT2D eigenvalue weighted by molar-refractivity contribution is 7.10. The largest absolute Gasteiger partial charge is 0.489 e. The summed E-state index contributed by atoms with van der Waals surface area (Å²) in [6.45, 7) is 4.16. The van der Waals surface area contributed by atoms with Crippen LogP contribution in [0, 0.1) is 0 Å². The quantitative estimate of drug-likeness (QED) is 0.300. The van der Waals surface area contributed by atoms with Crippen molar-refractivity contribution in [1.82, 2.24) is 4.57 Å². The topological polar surface area (TPSA) is 69.9 Å². The number of esters is 1. The maximum absolute atomic E-state index is 13.7. The van der Waals surface area contributed by atoms with Crippen molar-refractivity contribution in [2.75, 3.05) is 6.61 Å². The molecule has 9 heteroatoms. The number of thiophene rings is 1. The molecular weight excluding hydrogens is 528 g/mol. The van der Waals surface area contributed by atoms with Crippen molar-refractivity contribution in [3.05, 3.63) is 118 Å². The van der Waals surface area contributed by atoms with Crippen molar-refractivity contribution in [2.45, 2.75) is 26.5 Å². The summed E-state index contributed by atoms with van der Waals surface area (Å²) in [5.41, 5.74) is 2.53. The standard InChI is InChI=1S/C28H23ClN2O4S2/c1-3-34-27(33)24-17(2)30-28-31(25(24)22-11-6-12-36-22)26(32)23(37-28)15-18-7-5-10-21(14-18)35-16-19-8-4-9-20(29)13-19/h4-15,25H,3,16H2,1-2H3/b23-15-/t25-/m0/s1. The van der Waals surface area contributed by atoms with E-state index in [0.29, 0.717) is 38.0 Å². The SMILES string of the molecule is CCOC(=O)C1=C(C)N=c2s/c(=C\c3cccc(OCc4cccc(Cl)c4)c3)c(=O)n2[C@H]1c1cccs1. The predicted molar refractivity (Wildman–Crippen MR) is 147 cm³/mol. The zero-order chi connectivity index (χ0) is 25.9. The van der Waals surface area contributed by atoms with Crippen molar-refractivity contribution in [3.63, 3.8) is 0 Å². The van der Waals surface area contributed by atoms with Gasteiger partial charge < -0.3 is 9.47 Å². The minimum atomic E-state index is -0.579. The lowest BCUT2D eigenvalue weighted by molar-refractivity contribution is -0.139. The first kappa shape index (κ1) is 25.2. The molecule has 0 radical (unpaired) electrons. The van der Waals surface area contributed by atoms with Crippen LogP contribution in [0.5, 0.6) is 5.75 Å². The van der Waals surface area contributed by atoms with E-state index in [9.17, 15) is 9.59 Å². The molecule has 5 rings (SSSR count). The number of nitrogens with zero attached hydrogens (tertiary/aromatic N) is 2. The van der Waals surface area contributed by atoms with Crippen molar-refractivity contribution in [3.8, 4) is 5.75 Å². The lowest BCUT2D eigenvalue weighted by Gasteiger charge is -2.23. The number of thiazole rings is 1. The molecule has 3 heterocycles. The van der Waals surface area contributed by atoms with E-state index in [-0.39, 0.29) is 12.2 Å². The number of carbonyl (C=O) groups is 1. The molecule has 1 aliphatic heterocycles. The Morgan fingerprint density at radius 1 is 1.16 bits per heavy atom. The fourth-order valence-electron chi connectivity index (χ4n) is 4.15. The third-order valence-electron chi connectivity index (χ3n) is 5.78. The van der Waals surface area contributed by atoms with Gasteiger partial charge in [-0.1, -0.05) is 53.3 Å². The fourth-order valence-corrected chi connectivity index (χ4v) is 6.23. The molecule has 0 bridgehead atoms. The zero-order valence-electron chi connectivity index (χ0n) is 20.1. The molecule has 2 aromatic carbocycles. The summed E-state index contributed by atoms with van der Waals surface area (Å²) < 4.78 is 13.4. The van der Waals surface area contributed by atoms with Gasteiger partial charge in [-0.05, 0) is 66.8 Å². The molecule has 1 atom stereocenters. The molecule has 0 spiro atoms. The minimum Gasteiger partial charge on any atom is -0.489 e. The lowest BCUT2D eigenvalue weighted by atomic mass is 10.0. The van der Waals surface area contributed by atoms with Gasteiger partial charge in [0.2, 0.25) is 0 Å². The average molecular weight is 551 g/mol. The van der Waals surface area contributed by atoms with Crippen molar-refractivity contribution < 1.29 is 14.3 Å². The van der Waals surface area contributed by atoms with Gasteiger partial charge in [0.1, 0.15) is 18.4 Å². The Bertz CT molecular complexity index is 1670. The third-order valence-corrected chi connectivity index (χ3v) is 7.92. The van der Waals surface area contributed by atoms with E-state index in [1.54, 1.807) is 18.4 Å². The number of rotatable bonds is 7. The molecule has 4 aromatic rings. The first-order valence-corrected chi connectivity index (χ1v) is 13.7. The number of aromatic nitrogens is 1. The van der Waals surface area contributed by atoms with E-state index in [1.165, 1.54) is 22.7 Å². The number of carbonyl (C=O) groups excluding carboxylic acids is 1. The molecule has 2 aromatic heterocycles. The second kappa shape index (κ2) is 10.9. The van der Waals surface area contributed by atoms with Crippen LogP contribution in [0.15, 0.2) is 87.1 Å². The smallest absolute Gasteiger partial charge is 0.338 e. The average Bonchev–Trinajstić information content (AvgIpc) is 3.51. The van der Waals surface area contributed by atoms with E-state index >= 15 is 0 Å². The Labute approximate surface area is 226 Å². The van der Waals surface area contributed by atoms with E-state index in [0.717, 1.165) is 16.0 Å². The van der Waals surface area contributed by atoms with Crippen LogP contribution in [0.1, 0.15) is 35.9 Å². The summed E-state index contributed by atoms with van der Waals surface area (Å²) in [5, 5.41) is 2.59. The molecule has 37 heavy (non-hydrogen) atoms. The molecule has 0 N–H and O–H groups in total. The van der Waals surface area contributed by atoms with Gasteiger partial charge in [0, 0.05) is 9.90 Å². The monoisotopic (exact) mass is 550 g/mol. The van der Waals surface area contributed by atoms with Crippen LogP contribution < -0.4 is 19.6 Å². The second-order valence-electron chi connectivity index (χ2n) is 8.31. The first-order chi connectivity index (χ1) is 17.9. The Balaban J connectivity index is 1.52. The summed E-state index contributed by atoms with van der Waals surface area (Å²) in [5.74, 6) is 0.222. The van der Waals surface area contributed by atoms with Crippen molar-refractivity contribution >= 4 is 46.3 Å². The normalized spacial score (nSPS) is 15.3. The van der Waals surface area contributed by atoms with Gasteiger partial charge in [0.25, 0.3) is 5.56 Å². The molecule has 188 valence electrons. The van der Waals surface area contributed by atoms with E-state index < -0.39 is 12.0 Å². The van der Waals surface area contributed by atoms with Gasteiger partial charge in [-0.2, -0.15) is 0 Å². The fraction of sp³-hybridized carbons (Fsp3) is 0.179. The van der Waals surface area contributed by atoms with Gasteiger partial charge in [-0.3, -0.25) is 9.36 Å². The summed E-state index contributed by atoms with van der Waals surface area (Å²) in [7, 11) is 0. The minimum absolute atomic E-state index is 0.207. The maximum atomic E-state index is 13.7. The van der Waals surface area contributed by atoms with Crippen LogP contribution in [0.25, 0.3) is 6.08 Å². The van der Waals surface area contributed by atoms with Crippen LogP contribution in [-0.4, -0.2) is 17.1 Å². The number of halogens is 1. The van der Waals surface area contributed by atoms with E-state index in [2.05, 4.69) is 4.99 Å². The van der Waals surface area contributed by atoms with Crippen LogP contribution >= 0.6 is 34.3 Å².